The van der Waals surface area contributed by atoms with Gasteiger partial charge >= 0.3 is 6.03 Å². The monoisotopic (exact) mass is 401 g/mol. The molecule has 0 aliphatic carbocycles. The van der Waals surface area contributed by atoms with Crippen LogP contribution in [0.3, 0.4) is 0 Å². The van der Waals surface area contributed by atoms with Gasteiger partial charge in [0.05, 0.1) is 12.8 Å². The minimum Gasteiger partial charge on any atom is -0.495 e. The summed E-state index contributed by atoms with van der Waals surface area (Å²) in [4.78, 5) is 27.5. The molecule has 1 atom stereocenters. The van der Waals surface area contributed by atoms with Crippen LogP contribution in [0.25, 0.3) is 0 Å². The van der Waals surface area contributed by atoms with Crippen molar-refractivity contribution in [3.8, 4) is 5.75 Å². The number of anilines is 2. The van der Waals surface area contributed by atoms with Gasteiger partial charge in [-0.25, -0.2) is 4.79 Å². The van der Waals surface area contributed by atoms with Gasteiger partial charge in [-0.15, -0.1) is 0 Å². The summed E-state index contributed by atoms with van der Waals surface area (Å²) in [6.07, 6.45) is 0.818. The van der Waals surface area contributed by atoms with Crippen LogP contribution < -0.4 is 20.3 Å². The number of rotatable bonds is 5. The number of nitrogens with one attached hydrogen (secondary N) is 2. The van der Waals surface area contributed by atoms with Crippen molar-refractivity contribution in [3.63, 3.8) is 0 Å². The molecule has 7 heteroatoms. The van der Waals surface area contributed by atoms with Crippen molar-refractivity contribution in [2.45, 2.75) is 26.3 Å². The maximum Gasteiger partial charge on any atom is 0.320 e. The van der Waals surface area contributed by atoms with E-state index < -0.39 is 12.1 Å². The number of benzene rings is 2. The molecule has 3 rings (SSSR count). The highest BCUT2D eigenvalue weighted by Gasteiger charge is 2.32. The summed E-state index contributed by atoms with van der Waals surface area (Å²) >= 11 is 6.01. The minimum absolute atomic E-state index is 0.0766. The molecule has 0 saturated heterocycles. The molecule has 2 aromatic rings. The number of ether oxygens (including phenoxy) is 1. The van der Waals surface area contributed by atoms with E-state index in [1.165, 1.54) is 7.11 Å². The lowest BCUT2D eigenvalue weighted by atomic mass is 10.0. The van der Waals surface area contributed by atoms with E-state index in [2.05, 4.69) is 10.6 Å². The fourth-order valence-corrected chi connectivity index (χ4v) is 3.50. The molecule has 6 nitrogen and oxygen atoms in total. The minimum atomic E-state index is -0.656. The maximum atomic E-state index is 13.2. The number of fused-ring (bicyclic) bond motifs is 1. The summed E-state index contributed by atoms with van der Waals surface area (Å²) in [6.45, 7) is 4.43. The molecule has 3 amide bonds. The van der Waals surface area contributed by atoms with Crippen LogP contribution in [0.5, 0.6) is 5.75 Å². The van der Waals surface area contributed by atoms with Gasteiger partial charge in [-0.3, -0.25) is 4.79 Å². The van der Waals surface area contributed by atoms with Crippen LogP contribution in [0.4, 0.5) is 16.2 Å². The standard InChI is InChI=1S/C21H24ClN3O3/c1-13(2)19(20(26)25-11-10-14-6-4-5-7-17(14)25)24-21(27)23-16-12-15(22)8-9-18(16)28-3/h4-9,12-13,19H,10-11H2,1-3H3,(H2,23,24,27)/t19-/m1/s1. The Labute approximate surface area is 169 Å². The molecule has 0 unspecified atom stereocenters. The Hall–Kier alpha value is -2.73. The average molecular weight is 402 g/mol. The Morgan fingerprint density at radius 2 is 1.93 bits per heavy atom. The van der Waals surface area contributed by atoms with Gasteiger partial charge in [0, 0.05) is 17.3 Å². The SMILES string of the molecule is COc1ccc(Cl)cc1NC(=O)N[C@@H](C(=O)N1CCc2ccccc21)C(C)C. The quantitative estimate of drug-likeness (QED) is 0.792. The maximum absolute atomic E-state index is 13.2. The van der Waals surface area contributed by atoms with Crippen LogP contribution in [-0.2, 0) is 11.2 Å². The molecule has 2 N–H and O–H groups in total. The molecule has 1 aliphatic rings. The summed E-state index contributed by atoms with van der Waals surface area (Å²) in [5.74, 6) is 0.292. The Balaban J connectivity index is 1.74. The first-order valence-electron chi connectivity index (χ1n) is 9.21. The first kappa shape index (κ1) is 20.0. The normalized spacial score (nSPS) is 13.8. The van der Waals surface area contributed by atoms with Gasteiger partial charge in [0.1, 0.15) is 11.8 Å². The first-order valence-corrected chi connectivity index (χ1v) is 9.59. The van der Waals surface area contributed by atoms with Gasteiger partial charge < -0.3 is 20.3 Å². The number of hydrogen-bond acceptors (Lipinski definition) is 3. The molecule has 0 spiro atoms. The fourth-order valence-electron chi connectivity index (χ4n) is 3.33. The van der Waals surface area contributed by atoms with Gasteiger partial charge in [0.2, 0.25) is 5.91 Å². The second kappa shape index (κ2) is 8.52. The van der Waals surface area contributed by atoms with Crippen molar-refractivity contribution in [1.82, 2.24) is 5.32 Å². The highest BCUT2D eigenvalue weighted by molar-refractivity contribution is 6.31. The predicted octanol–water partition coefficient (Wildman–Crippen LogP) is 4.08. The highest BCUT2D eigenvalue weighted by Crippen LogP contribution is 2.29. The molecule has 148 valence electrons. The first-order chi connectivity index (χ1) is 13.4. The molecule has 0 fully saturated rings. The van der Waals surface area contributed by atoms with Gasteiger partial charge in [-0.2, -0.15) is 0 Å². The van der Waals surface area contributed by atoms with E-state index >= 15 is 0 Å². The van der Waals surface area contributed by atoms with Crippen molar-refractivity contribution in [3.05, 3.63) is 53.1 Å². The lowest BCUT2D eigenvalue weighted by molar-refractivity contribution is -0.121. The Bertz CT molecular complexity index is 885. The molecule has 0 bridgehead atoms. The van der Waals surface area contributed by atoms with Gasteiger partial charge in [0.15, 0.2) is 0 Å². The zero-order valence-corrected chi connectivity index (χ0v) is 16.9. The van der Waals surface area contributed by atoms with Crippen LogP contribution >= 0.6 is 11.6 Å². The van der Waals surface area contributed by atoms with E-state index in [0.29, 0.717) is 23.0 Å². The van der Waals surface area contributed by atoms with Crippen LogP contribution in [0, 0.1) is 5.92 Å². The van der Waals surface area contributed by atoms with Crippen LogP contribution in [0.1, 0.15) is 19.4 Å². The number of methoxy groups -OCH3 is 1. The highest BCUT2D eigenvalue weighted by atomic mass is 35.5. The summed E-state index contributed by atoms with van der Waals surface area (Å²) in [6, 6.07) is 11.7. The second-order valence-corrected chi connectivity index (χ2v) is 7.47. The molecular weight excluding hydrogens is 378 g/mol. The number of urea groups is 1. The number of amides is 3. The van der Waals surface area contributed by atoms with Crippen LogP contribution in [0.2, 0.25) is 5.02 Å². The van der Waals surface area contributed by atoms with Gasteiger partial charge in [-0.05, 0) is 42.2 Å². The summed E-state index contributed by atoms with van der Waals surface area (Å²) in [5.41, 5.74) is 2.50. The third kappa shape index (κ3) is 4.22. The molecule has 1 aliphatic heterocycles. The molecule has 2 aromatic carbocycles. The second-order valence-electron chi connectivity index (χ2n) is 7.03. The Kier molecular flexibility index (Phi) is 6.09. The number of nitrogens with zero attached hydrogens (tertiary/aromatic N) is 1. The number of para-hydroxylation sites is 1. The third-order valence-corrected chi connectivity index (χ3v) is 5.02. The molecule has 0 saturated carbocycles. The van der Waals surface area contributed by atoms with E-state index in [1.807, 2.05) is 38.1 Å². The van der Waals surface area contributed by atoms with Crippen molar-refractivity contribution < 1.29 is 14.3 Å². The third-order valence-electron chi connectivity index (χ3n) is 4.78. The van der Waals surface area contributed by atoms with E-state index in [4.69, 9.17) is 16.3 Å². The Morgan fingerprint density at radius 3 is 2.64 bits per heavy atom. The van der Waals surface area contributed by atoms with E-state index in [-0.39, 0.29) is 11.8 Å². The average Bonchev–Trinajstić information content (AvgIpc) is 3.10. The number of halogens is 1. The van der Waals surface area contributed by atoms with Crippen LogP contribution in [0.15, 0.2) is 42.5 Å². The largest absolute Gasteiger partial charge is 0.495 e. The summed E-state index contributed by atoms with van der Waals surface area (Å²) < 4.78 is 5.25. The van der Waals surface area contributed by atoms with Crippen molar-refractivity contribution >= 4 is 34.9 Å². The molecule has 0 radical (unpaired) electrons. The van der Waals surface area contributed by atoms with Crippen molar-refractivity contribution in [2.75, 3.05) is 23.9 Å². The topological polar surface area (TPSA) is 70.7 Å². The van der Waals surface area contributed by atoms with Crippen molar-refractivity contribution in [1.29, 1.82) is 0 Å². The van der Waals surface area contributed by atoms with Gasteiger partial charge in [0.25, 0.3) is 0 Å². The Morgan fingerprint density at radius 1 is 1.18 bits per heavy atom. The lowest BCUT2D eigenvalue weighted by Crippen LogP contribution is -2.52. The number of carbonyl (C=O) groups excluding carboxylic acids is 2. The van der Waals surface area contributed by atoms with E-state index in [1.54, 1.807) is 23.1 Å². The zero-order valence-electron chi connectivity index (χ0n) is 16.2. The number of carbonyl (C=O) groups is 2. The molecule has 28 heavy (non-hydrogen) atoms. The molecular formula is C21H24ClN3O3. The van der Waals surface area contributed by atoms with Crippen LogP contribution in [-0.4, -0.2) is 31.6 Å². The van der Waals surface area contributed by atoms with E-state index in [9.17, 15) is 9.59 Å². The summed E-state index contributed by atoms with van der Waals surface area (Å²) in [5, 5.41) is 6.00. The smallest absolute Gasteiger partial charge is 0.320 e. The molecule has 0 aromatic heterocycles. The lowest BCUT2D eigenvalue weighted by Gasteiger charge is -2.27. The number of hydrogen-bond donors (Lipinski definition) is 2. The van der Waals surface area contributed by atoms with Crippen molar-refractivity contribution in [2.24, 2.45) is 5.92 Å². The fraction of sp³-hybridized carbons (Fsp3) is 0.333. The molecule has 1 heterocycles. The predicted molar refractivity (Wildman–Crippen MR) is 111 cm³/mol. The summed E-state index contributed by atoms with van der Waals surface area (Å²) in [7, 11) is 1.51. The van der Waals surface area contributed by atoms with E-state index in [0.717, 1.165) is 17.7 Å². The van der Waals surface area contributed by atoms with Gasteiger partial charge in [-0.1, -0.05) is 43.6 Å². The zero-order chi connectivity index (χ0) is 20.3.